The lowest BCUT2D eigenvalue weighted by atomic mass is 9.99. The standard InChI is InChI=1S/C21H22N2O5/c22-12-10-18(24)16-6-8-17(9-7-16)20(26)19(25)11-13-23-21(27)28-14-15-4-2-1-3-5-15/h1-9,19-20,25-26H,10-11,13-14H2,(H,23,27). The van der Waals surface area contributed by atoms with Gasteiger partial charge in [-0.25, -0.2) is 4.79 Å². The van der Waals surface area contributed by atoms with Crippen LogP contribution in [0.4, 0.5) is 4.79 Å². The molecule has 2 rings (SSSR count). The molecule has 0 saturated heterocycles. The number of hydrogen-bond donors (Lipinski definition) is 3. The minimum atomic E-state index is -1.16. The first-order chi connectivity index (χ1) is 13.5. The predicted octanol–water partition coefficient (Wildman–Crippen LogP) is 2.49. The van der Waals surface area contributed by atoms with Crippen molar-refractivity contribution in [1.82, 2.24) is 5.32 Å². The number of aliphatic hydroxyl groups is 2. The highest BCUT2D eigenvalue weighted by atomic mass is 16.5. The smallest absolute Gasteiger partial charge is 0.407 e. The molecule has 0 aliphatic heterocycles. The van der Waals surface area contributed by atoms with Crippen molar-refractivity contribution in [2.24, 2.45) is 0 Å². The van der Waals surface area contributed by atoms with Crippen LogP contribution in [0.5, 0.6) is 0 Å². The Morgan fingerprint density at radius 1 is 1.07 bits per heavy atom. The third-order valence-corrected chi connectivity index (χ3v) is 4.10. The fourth-order valence-electron chi connectivity index (χ4n) is 2.52. The average Bonchev–Trinajstić information content (AvgIpc) is 2.72. The number of hydrogen-bond acceptors (Lipinski definition) is 6. The maximum Gasteiger partial charge on any atom is 0.407 e. The molecule has 0 aromatic heterocycles. The molecule has 7 nitrogen and oxygen atoms in total. The zero-order valence-electron chi connectivity index (χ0n) is 15.2. The van der Waals surface area contributed by atoms with E-state index in [-0.39, 0.29) is 31.8 Å². The summed E-state index contributed by atoms with van der Waals surface area (Å²) in [6, 6.07) is 17.1. The number of nitriles is 1. The van der Waals surface area contributed by atoms with E-state index in [1.165, 1.54) is 24.3 Å². The molecular formula is C21H22N2O5. The van der Waals surface area contributed by atoms with Gasteiger partial charge < -0.3 is 20.3 Å². The van der Waals surface area contributed by atoms with E-state index >= 15 is 0 Å². The van der Waals surface area contributed by atoms with Crippen LogP contribution in [-0.2, 0) is 11.3 Å². The van der Waals surface area contributed by atoms with Crippen LogP contribution in [0.3, 0.4) is 0 Å². The molecule has 3 N–H and O–H groups in total. The van der Waals surface area contributed by atoms with Crippen LogP contribution in [0.2, 0.25) is 0 Å². The summed E-state index contributed by atoms with van der Waals surface area (Å²) in [5.74, 6) is -0.303. The molecule has 2 aromatic carbocycles. The van der Waals surface area contributed by atoms with Crippen molar-refractivity contribution in [3.05, 3.63) is 71.3 Å². The first kappa shape index (κ1) is 21.1. The van der Waals surface area contributed by atoms with E-state index in [0.29, 0.717) is 11.1 Å². The molecule has 0 heterocycles. The topological polar surface area (TPSA) is 120 Å². The number of carbonyl (C=O) groups is 2. The number of amides is 1. The van der Waals surface area contributed by atoms with E-state index < -0.39 is 18.3 Å². The van der Waals surface area contributed by atoms with Gasteiger partial charge in [0.15, 0.2) is 5.78 Å². The number of benzene rings is 2. The lowest BCUT2D eigenvalue weighted by Crippen LogP contribution is -2.29. The Kier molecular flexibility index (Phi) is 8.15. The van der Waals surface area contributed by atoms with Gasteiger partial charge in [-0.05, 0) is 17.5 Å². The van der Waals surface area contributed by atoms with Crippen LogP contribution < -0.4 is 5.32 Å². The Balaban J connectivity index is 1.74. The normalized spacial score (nSPS) is 12.5. The molecule has 0 saturated carbocycles. The number of carbonyl (C=O) groups excluding carboxylic acids is 2. The molecule has 0 spiro atoms. The van der Waals surface area contributed by atoms with Crippen molar-refractivity contribution in [2.75, 3.05) is 6.54 Å². The van der Waals surface area contributed by atoms with Crippen LogP contribution in [0.1, 0.15) is 40.4 Å². The Labute approximate surface area is 163 Å². The summed E-state index contributed by atoms with van der Waals surface area (Å²) in [5.41, 5.74) is 1.67. The summed E-state index contributed by atoms with van der Waals surface area (Å²) in [6.45, 7) is 0.277. The van der Waals surface area contributed by atoms with E-state index in [9.17, 15) is 19.8 Å². The van der Waals surface area contributed by atoms with Gasteiger partial charge in [0, 0.05) is 12.1 Å². The number of alkyl carbamates (subject to hydrolysis) is 1. The zero-order chi connectivity index (χ0) is 20.4. The molecule has 2 atom stereocenters. The van der Waals surface area contributed by atoms with Crippen molar-refractivity contribution >= 4 is 11.9 Å². The van der Waals surface area contributed by atoms with Crippen molar-refractivity contribution in [3.8, 4) is 6.07 Å². The van der Waals surface area contributed by atoms with E-state index in [4.69, 9.17) is 10.00 Å². The Hall–Kier alpha value is -3.21. The van der Waals surface area contributed by atoms with Crippen molar-refractivity contribution in [2.45, 2.75) is 31.7 Å². The fourth-order valence-corrected chi connectivity index (χ4v) is 2.52. The van der Waals surface area contributed by atoms with Crippen LogP contribution in [0, 0.1) is 11.3 Å². The second-order valence-corrected chi connectivity index (χ2v) is 6.17. The predicted molar refractivity (Wildman–Crippen MR) is 101 cm³/mol. The number of rotatable bonds is 9. The number of nitrogens with one attached hydrogen (secondary N) is 1. The van der Waals surface area contributed by atoms with Gasteiger partial charge in [-0.1, -0.05) is 54.6 Å². The molecule has 0 fully saturated rings. The third kappa shape index (κ3) is 6.50. The largest absolute Gasteiger partial charge is 0.445 e. The van der Waals surface area contributed by atoms with Gasteiger partial charge in [-0.2, -0.15) is 5.26 Å². The fraction of sp³-hybridized carbons (Fsp3) is 0.286. The lowest BCUT2D eigenvalue weighted by Gasteiger charge is -2.18. The third-order valence-electron chi connectivity index (χ3n) is 4.10. The van der Waals surface area contributed by atoms with Crippen LogP contribution in [-0.4, -0.2) is 34.7 Å². The highest BCUT2D eigenvalue weighted by Crippen LogP contribution is 2.19. The molecule has 0 aliphatic rings. The number of nitrogens with zero attached hydrogens (tertiary/aromatic N) is 1. The summed E-state index contributed by atoms with van der Waals surface area (Å²) in [4.78, 5) is 23.3. The second kappa shape index (κ2) is 10.8. The molecule has 146 valence electrons. The van der Waals surface area contributed by atoms with Gasteiger partial charge in [0.25, 0.3) is 0 Å². The van der Waals surface area contributed by atoms with Crippen LogP contribution in [0.25, 0.3) is 0 Å². The highest BCUT2D eigenvalue weighted by molar-refractivity contribution is 5.97. The Morgan fingerprint density at radius 2 is 1.75 bits per heavy atom. The van der Waals surface area contributed by atoms with Gasteiger partial charge >= 0.3 is 6.09 Å². The lowest BCUT2D eigenvalue weighted by molar-refractivity contribution is 0.0136. The van der Waals surface area contributed by atoms with Gasteiger partial charge in [-0.15, -0.1) is 0 Å². The number of ketones is 1. The Morgan fingerprint density at radius 3 is 2.39 bits per heavy atom. The maximum absolute atomic E-state index is 11.7. The van der Waals surface area contributed by atoms with Crippen molar-refractivity contribution < 1.29 is 24.5 Å². The minimum Gasteiger partial charge on any atom is -0.445 e. The molecule has 1 amide bonds. The molecule has 28 heavy (non-hydrogen) atoms. The molecular weight excluding hydrogens is 360 g/mol. The summed E-state index contributed by atoms with van der Waals surface area (Å²) >= 11 is 0. The van der Waals surface area contributed by atoms with Crippen LogP contribution in [0.15, 0.2) is 54.6 Å². The molecule has 7 heteroatoms. The SMILES string of the molecule is N#CCC(=O)c1ccc(C(O)C(O)CCNC(=O)OCc2ccccc2)cc1. The van der Waals surface area contributed by atoms with E-state index in [0.717, 1.165) is 5.56 Å². The monoisotopic (exact) mass is 382 g/mol. The van der Waals surface area contributed by atoms with Gasteiger partial charge in [0.1, 0.15) is 12.7 Å². The maximum atomic E-state index is 11.7. The number of ether oxygens (including phenoxy) is 1. The first-order valence-corrected chi connectivity index (χ1v) is 8.82. The van der Waals surface area contributed by atoms with Crippen molar-refractivity contribution in [3.63, 3.8) is 0 Å². The minimum absolute atomic E-state index is 0.122. The second-order valence-electron chi connectivity index (χ2n) is 6.17. The quantitative estimate of drug-likeness (QED) is 0.573. The Bertz CT molecular complexity index is 815. The van der Waals surface area contributed by atoms with Gasteiger partial charge in [-0.3, -0.25) is 4.79 Å². The van der Waals surface area contributed by atoms with Gasteiger partial charge in [0.2, 0.25) is 0 Å². The first-order valence-electron chi connectivity index (χ1n) is 8.82. The van der Waals surface area contributed by atoms with Gasteiger partial charge in [0.05, 0.1) is 18.6 Å². The summed E-state index contributed by atoms with van der Waals surface area (Å²) < 4.78 is 5.06. The number of Topliss-reactive ketones (excluding diaryl/α,β-unsaturated/α-hetero) is 1. The molecule has 0 radical (unpaired) electrons. The molecule has 2 aromatic rings. The highest BCUT2D eigenvalue weighted by Gasteiger charge is 2.19. The summed E-state index contributed by atoms with van der Waals surface area (Å²) in [7, 11) is 0. The van der Waals surface area contributed by atoms with Crippen LogP contribution >= 0.6 is 0 Å². The van der Waals surface area contributed by atoms with E-state index in [1.807, 2.05) is 30.3 Å². The summed E-state index contributed by atoms with van der Waals surface area (Å²) in [6.07, 6.45) is -2.96. The summed E-state index contributed by atoms with van der Waals surface area (Å²) in [5, 5.41) is 31.4. The number of aliphatic hydroxyl groups excluding tert-OH is 2. The molecule has 0 bridgehead atoms. The van der Waals surface area contributed by atoms with E-state index in [1.54, 1.807) is 6.07 Å². The average molecular weight is 382 g/mol. The molecule has 0 aliphatic carbocycles. The molecule has 2 unspecified atom stereocenters. The van der Waals surface area contributed by atoms with E-state index in [2.05, 4.69) is 5.32 Å². The zero-order valence-corrected chi connectivity index (χ0v) is 15.2. The van der Waals surface area contributed by atoms with Crippen molar-refractivity contribution in [1.29, 1.82) is 5.26 Å².